The third-order valence-corrected chi connectivity index (χ3v) is 4.60. The first-order chi connectivity index (χ1) is 12.2. The fraction of sp³-hybridized carbons (Fsp3) is 0.278. The molecule has 1 aromatic carbocycles. The molecule has 7 heteroatoms. The van der Waals surface area contributed by atoms with Gasteiger partial charge in [0.25, 0.3) is 5.91 Å². The van der Waals surface area contributed by atoms with Crippen LogP contribution in [0.2, 0.25) is 0 Å². The molecule has 3 aromatic rings. The summed E-state index contributed by atoms with van der Waals surface area (Å²) in [5.41, 5.74) is 9.23. The van der Waals surface area contributed by atoms with Gasteiger partial charge in [0, 0.05) is 30.3 Å². The second kappa shape index (κ2) is 6.08. The van der Waals surface area contributed by atoms with Crippen LogP contribution in [0.1, 0.15) is 23.2 Å². The molecule has 1 amide bonds. The van der Waals surface area contributed by atoms with E-state index in [1.165, 1.54) is 6.33 Å². The maximum Gasteiger partial charge on any atom is 0.253 e. The number of amides is 1. The highest BCUT2D eigenvalue weighted by atomic mass is 16.5. The number of methoxy groups -OCH3 is 1. The van der Waals surface area contributed by atoms with Crippen molar-refractivity contribution in [3.8, 4) is 17.0 Å². The normalized spacial score (nSPS) is 14.2. The Morgan fingerprint density at radius 3 is 2.60 bits per heavy atom. The molecule has 0 radical (unpaired) electrons. The molecule has 0 spiro atoms. The van der Waals surface area contributed by atoms with E-state index in [-0.39, 0.29) is 5.91 Å². The number of ether oxygens (including phenoxy) is 1. The lowest BCUT2D eigenvalue weighted by molar-refractivity contribution is 0.0793. The van der Waals surface area contributed by atoms with Crippen LogP contribution >= 0.6 is 0 Å². The Hall–Kier alpha value is -3.09. The second-order valence-electron chi connectivity index (χ2n) is 6.08. The summed E-state index contributed by atoms with van der Waals surface area (Å²) < 4.78 is 7.00. The van der Waals surface area contributed by atoms with Crippen LogP contribution in [0.15, 0.2) is 36.7 Å². The molecule has 1 saturated heterocycles. The largest absolute Gasteiger partial charge is 0.481 e. The molecule has 1 aliphatic heterocycles. The fourth-order valence-electron chi connectivity index (χ4n) is 3.30. The van der Waals surface area contributed by atoms with Crippen molar-refractivity contribution < 1.29 is 9.53 Å². The van der Waals surface area contributed by atoms with Crippen molar-refractivity contribution in [1.82, 2.24) is 19.5 Å². The second-order valence-corrected chi connectivity index (χ2v) is 6.08. The van der Waals surface area contributed by atoms with Crippen molar-refractivity contribution in [2.75, 3.05) is 25.9 Å². The van der Waals surface area contributed by atoms with Gasteiger partial charge >= 0.3 is 0 Å². The van der Waals surface area contributed by atoms with E-state index in [0.29, 0.717) is 22.8 Å². The predicted octanol–water partition coefficient (Wildman–Crippen LogP) is 2.22. The first-order valence-electron chi connectivity index (χ1n) is 8.25. The quantitative estimate of drug-likeness (QED) is 0.792. The van der Waals surface area contributed by atoms with Gasteiger partial charge in [-0.3, -0.25) is 4.79 Å². The minimum atomic E-state index is 0.0891. The lowest BCUT2D eigenvalue weighted by Gasteiger charge is -2.15. The Labute approximate surface area is 145 Å². The molecule has 0 unspecified atom stereocenters. The molecule has 2 aromatic heterocycles. The van der Waals surface area contributed by atoms with Crippen molar-refractivity contribution in [2.24, 2.45) is 0 Å². The molecule has 0 bridgehead atoms. The number of hydrogen-bond acceptors (Lipinski definition) is 5. The summed E-state index contributed by atoms with van der Waals surface area (Å²) >= 11 is 0. The fourth-order valence-corrected chi connectivity index (χ4v) is 3.30. The van der Waals surface area contributed by atoms with Crippen LogP contribution in [-0.4, -0.2) is 45.6 Å². The zero-order valence-electron chi connectivity index (χ0n) is 14.0. The van der Waals surface area contributed by atoms with Gasteiger partial charge in [-0.05, 0) is 30.5 Å². The number of fused-ring (bicyclic) bond motifs is 1. The predicted molar refractivity (Wildman–Crippen MR) is 94.5 cm³/mol. The Morgan fingerprint density at radius 1 is 1.20 bits per heavy atom. The van der Waals surface area contributed by atoms with E-state index in [2.05, 4.69) is 10.1 Å². The van der Waals surface area contributed by atoms with Crippen molar-refractivity contribution in [2.45, 2.75) is 12.8 Å². The van der Waals surface area contributed by atoms with E-state index in [0.717, 1.165) is 37.1 Å². The van der Waals surface area contributed by atoms with Gasteiger partial charge in [0.05, 0.1) is 7.11 Å². The molecular weight excluding hydrogens is 318 g/mol. The number of rotatable bonds is 3. The minimum Gasteiger partial charge on any atom is -0.481 e. The lowest BCUT2D eigenvalue weighted by atomic mass is 10.0. The summed E-state index contributed by atoms with van der Waals surface area (Å²) in [7, 11) is 1.58. The van der Waals surface area contributed by atoms with Gasteiger partial charge in [0.1, 0.15) is 11.8 Å². The lowest BCUT2D eigenvalue weighted by Crippen LogP contribution is -2.27. The van der Waals surface area contributed by atoms with Gasteiger partial charge < -0.3 is 15.4 Å². The molecule has 0 aliphatic carbocycles. The molecule has 7 nitrogen and oxygen atoms in total. The van der Waals surface area contributed by atoms with E-state index in [1.54, 1.807) is 11.6 Å². The number of nitrogen functional groups attached to an aromatic ring is 1. The standard InChI is InChI=1S/C18H19N5O2/c1-25-15-10-14(16-17(19)20-11-21-23(15)16)12-4-6-13(7-5-12)18(24)22-8-2-3-9-22/h4-7,10-11H,2-3,8-9H2,1H3,(H2,19,20,21). The summed E-state index contributed by atoms with van der Waals surface area (Å²) in [4.78, 5) is 18.4. The van der Waals surface area contributed by atoms with E-state index in [4.69, 9.17) is 10.5 Å². The zero-order chi connectivity index (χ0) is 17.4. The first-order valence-corrected chi connectivity index (χ1v) is 8.25. The Bertz CT molecular complexity index is 927. The van der Waals surface area contributed by atoms with E-state index >= 15 is 0 Å². The number of anilines is 1. The van der Waals surface area contributed by atoms with Gasteiger partial charge in [0.2, 0.25) is 5.88 Å². The van der Waals surface area contributed by atoms with Crippen LogP contribution in [0.3, 0.4) is 0 Å². The number of likely N-dealkylation sites (tertiary alicyclic amines) is 1. The average molecular weight is 337 g/mol. The van der Waals surface area contributed by atoms with E-state index < -0.39 is 0 Å². The van der Waals surface area contributed by atoms with Gasteiger partial charge in [-0.2, -0.15) is 9.61 Å². The number of hydrogen-bond donors (Lipinski definition) is 1. The third-order valence-electron chi connectivity index (χ3n) is 4.60. The monoisotopic (exact) mass is 337 g/mol. The molecule has 3 heterocycles. The first kappa shape index (κ1) is 15.4. The maximum atomic E-state index is 12.5. The van der Waals surface area contributed by atoms with Gasteiger partial charge in [0.15, 0.2) is 5.82 Å². The average Bonchev–Trinajstić information content (AvgIpc) is 3.30. The summed E-state index contributed by atoms with van der Waals surface area (Å²) in [6, 6.07) is 9.42. The Kier molecular flexibility index (Phi) is 3.76. The molecular formula is C18H19N5O2. The van der Waals surface area contributed by atoms with Crippen LogP contribution in [0.5, 0.6) is 5.88 Å². The summed E-state index contributed by atoms with van der Waals surface area (Å²) in [6.07, 6.45) is 3.56. The van der Waals surface area contributed by atoms with Gasteiger partial charge in [-0.15, -0.1) is 0 Å². The SMILES string of the molecule is COc1cc(-c2ccc(C(=O)N3CCCC3)cc2)c2c(N)ncnn12. The molecule has 1 fully saturated rings. The summed E-state index contributed by atoms with van der Waals surface area (Å²) in [5.74, 6) is 1.05. The van der Waals surface area contributed by atoms with Crippen molar-refractivity contribution >= 4 is 17.2 Å². The molecule has 2 N–H and O–H groups in total. The van der Waals surface area contributed by atoms with Crippen LogP contribution < -0.4 is 10.5 Å². The number of aromatic nitrogens is 3. The minimum absolute atomic E-state index is 0.0891. The topological polar surface area (TPSA) is 85.8 Å². The highest BCUT2D eigenvalue weighted by Gasteiger charge is 2.20. The molecule has 4 rings (SSSR count). The molecule has 0 atom stereocenters. The van der Waals surface area contributed by atoms with Crippen LogP contribution in [0.4, 0.5) is 5.82 Å². The van der Waals surface area contributed by atoms with Crippen LogP contribution in [0, 0.1) is 0 Å². The molecule has 1 aliphatic rings. The van der Waals surface area contributed by atoms with Gasteiger partial charge in [-0.1, -0.05) is 12.1 Å². The van der Waals surface area contributed by atoms with Gasteiger partial charge in [-0.25, -0.2) is 4.98 Å². The Morgan fingerprint density at radius 2 is 1.92 bits per heavy atom. The number of nitrogens with zero attached hydrogens (tertiary/aromatic N) is 4. The van der Waals surface area contributed by atoms with Crippen molar-refractivity contribution in [3.05, 3.63) is 42.2 Å². The molecule has 25 heavy (non-hydrogen) atoms. The van der Waals surface area contributed by atoms with Crippen molar-refractivity contribution in [1.29, 1.82) is 0 Å². The number of carbonyl (C=O) groups excluding carboxylic acids is 1. The number of carbonyl (C=O) groups is 1. The molecule has 0 saturated carbocycles. The molecule has 128 valence electrons. The van der Waals surface area contributed by atoms with Crippen LogP contribution in [0.25, 0.3) is 16.6 Å². The van der Waals surface area contributed by atoms with Crippen LogP contribution in [-0.2, 0) is 0 Å². The van der Waals surface area contributed by atoms with Crippen molar-refractivity contribution in [3.63, 3.8) is 0 Å². The Balaban J connectivity index is 1.73. The zero-order valence-corrected chi connectivity index (χ0v) is 14.0. The summed E-state index contributed by atoms with van der Waals surface area (Å²) in [6.45, 7) is 1.69. The number of benzene rings is 1. The third kappa shape index (κ3) is 2.57. The number of nitrogens with two attached hydrogens (primary N) is 1. The van der Waals surface area contributed by atoms with E-state index in [9.17, 15) is 4.79 Å². The highest BCUT2D eigenvalue weighted by Crippen LogP contribution is 2.33. The smallest absolute Gasteiger partial charge is 0.253 e. The highest BCUT2D eigenvalue weighted by molar-refractivity contribution is 5.96. The van der Waals surface area contributed by atoms with E-state index in [1.807, 2.05) is 35.2 Å². The summed E-state index contributed by atoms with van der Waals surface area (Å²) in [5, 5.41) is 4.20. The maximum absolute atomic E-state index is 12.5.